The van der Waals surface area contributed by atoms with Crippen molar-refractivity contribution in [1.29, 1.82) is 0 Å². The molecule has 1 fully saturated rings. The summed E-state index contributed by atoms with van der Waals surface area (Å²) in [5.74, 6) is 1.09. The van der Waals surface area contributed by atoms with E-state index in [4.69, 9.17) is 4.74 Å². The van der Waals surface area contributed by atoms with Crippen molar-refractivity contribution in [2.45, 2.75) is 31.8 Å². The zero-order chi connectivity index (χ0) is 14.5. The standard InChI is InChI=1S/C18H22FNO/c19-16-7-4-8-17(13-16)21-18(14-5-2-1-3-6-14)15-9-11-20-12-10-15/h1-3,5-6,8,13,15,18,20H,4,7,9-12H2/t18-/m0/s1. The molecule has 0 spiro atoms. The minimum absolute atomic E-state index is 0.0155. The molecular weight excluding hydrogens is 265 g/mol. The Kier molecular flexibility index (Phi) is 4.71. The third kappa shape index (κ3) is 3.73. The molecule has 3 heteroatoms. The molecule has 112 valence electrons. The smallest absolute Gasteiger partial charge is 0.127 e. The summed E-state index contributed by atoms with van der Waals surface area (Å²) in [5, 5.41) is 3.39. The summed E-state index contributed by atoms with van der Waals surface area (Å²) in [7, 11) is 0. The monoisotopic (exact) mass is 287 g/mol. The Bertz CT molecular complexity index is 517. The van der Waals surface area contributed by atoms with Crippen LogP contribution in [0, 0.1) is 5.92 Å². The topological polar surface area (TPSA) is 21.3 Å². The molecule has 1 heterocycles. The maximum absolute atomic E-state index is 13.5. The average Bonchev–Trinajstić information content (AvgIpc) is 2.54. The Morgan fingerprint density at radius 1 is 1.14 bits per heavy atom. The van der Waals surface area contributed by atoms with E-state index in [9.17, 15) is 4.39 Å². The Hall–Kier alpha value is -1.61. The summed E-state index contributed by atoms with van der Waals surface area (Å²) < 4.78 is 19.7. The molecule has 1 aliphatic carbocycles. The zero-order valence-electron chi connectivity index (χ0n) is 12.2. The molecule has 1 atom stereocenters. The molecule has 21 heavy (non-hydrogen) atoms. The SMILES string of the molecule is FC1=CC(O[C@@H](c2ccccc2)C2CCNCC2)=CCC1. The van der Waals surface area contributed by atoms with Crippen LogP contribution in [0.2, 0.25) is 0 Å². The third-order valence-corrected chi connectivity index (χ3v) is 4.23. The fraction of sp³-hybridized carbons (Fsp3) is 0.444. The lowest BCUT2D eigenvalue weighted by atomic mass is 9.88. The van der Waals surface area contributed by atoms with Crippen molar-refractivity contribution in [3.05, 3.63) is 59.6 Å². The fourth-order valence-electron chi connectivity index (χ4n) is 3.09. The Morgan fingerprint density at radius 3 is 2.62 bits per heavy atom. The molecule has 1 N–H and O–H groups in total. The third-order valence-electron chi connectivity index (χ3n) is 4.23. The van der Waals surface area contributed by atoms with Crippen molar-refractivity contribution in [3.63, 3.8) is 0 Å². The Labute approximate surface area is 125 Å². The second kappa shape index (κ2) is 6.90. The zero-order valence-corrected chi connectivity index (χ0v) is 12.2. The van der Waals surface area contributed by atoms with E-state index < -0.39 is 0 Å². The molecule has 0 bridgehead atoms. The van der Waals surface area contributed by atoms with Gasteiger partial charge in [0.2, 0.25) is 0 Å². The van der Waals surface area contributed by atoms with E-state index in [-0.39, 0.29) is 11.9 Å². The van der Waals surface area contributed by atoms with Gasteiger partial charge in [-0.15, -0.1) is 0 Å². The van der Waals surface area contributed by atoms with Gasteiger partial charge in [0.25, 0.3) is 0 Å². The number of piperidine rings is 1. The molecular formula is C18H22FNO. The maximum Gasteiger partial charge on any atom is 0.127 e. The van der Waals surface area contributed by atoms with Gasteiger partial charge in [-0.1, -0.05) is 30.3 Å². The fourth-order valence-corrected chi connectivity index (χ4v) is 3.09. The number of hydrogen-bond acceptors (Lipinski definition) is 2. The molecule has 0 aromatic heterocycles. The van der Waals surface area contributed by atoms with Crippen molar-refractivity contribution < 1.29 is 9.13 Å². The van der Waals surface area contributed by atoms with E-state index in [1.807, 2.05) is 24.3 Å². The van der Waals surface area contributed by atoms with Crippen molar-refractivity contribution >= 4 is 0 Å². The highest BCUT2D eigenvalue weighted by atomic mass is 19.1. The Morgan fingerprint density at radius 2 is 1.90 bits per heavy atom. The number of nitrogens with one attached hydrogen (secondary N) is 1. The minimum atomic E-state index is -0.0791. The van der Waals surface area contributed by atoms with Gasteiger partial charge in [0.05, 0.1) is 0 Å². The Balaban J connectivity index is 1.80. The predicted molar refractivity (Wildman–Crippen MR) is 82.4 cm³/mol. The molecule has 1 saturated heterocycles. The summed E-state index contributed by atoms with van der Waals surface area (Å²) in [4.78, 5) is 0. The van der Waals surface area contributed by atoms with Crippen molar-refractivity contribution in [1.82, 2.24) is 5.32 Å². The molecule has 1 aromatic rings. The summed E-state index contributed by atoms with van der Waals surface area (Å²) in [6.07, 6.45) is 6.97. The van der Waals surface area contributed by atoms with E-state index in [2.05, 4.69) is 17.4 Å². The largest absolute Gasteiger partial charge is 0.486 e. The first-order valence-electron chi connectivity index (χ1n) is 7.81. The van der Waals surface area contributed by atoms with Gasteiger partial charge in [-0.05, 0) is 44.0 Å². The van der Waals surface area contributed by atoms with E-state index in [0.29, 0.717) is 18.1 Å². The normalized spacial score (nSPS) is 21.4. The molecule has 3 rings (SSSR count). The molecule has 1 aliphatic heterocycles. The molecule has 0 unspecified atom stereocenters. The van der Waals surface area contributed by atoms with E-state index in [0.717, 1.165) is 32.4 Å². The summed E-state index contributed by atoms with van der Waals surface area (Å²) in [5.41, 5.74) is 1.18. The second-order valence-corrected chi connectivity index (χ2v) is 5.77. The van der Waals surface area contributed by atoms with E-state index >= 15 is 0 Å². The number of hydrogen-bond donors (Lipinski definition) is 1. The van der Waals surface area contributed by atoms with Crippen molar-refractivity contribution in [3.8, 4) is 0 Å². The molecule has 0 saturated carbocycles. The first kappa shape index (κ1) is 14.3. The van der Waals surface area contributed by atoms with Crippen LogP contribution in [0.1, 0.15) is 37.4 Å². The lowest BCUT2D eigenvalue weighted by Gasteiger charge is -2.32. The number of allylic oxidation sites excluding steroid dienone is 3. The lowest BCUT2D eigenvalue weighted by Crippen LogP contribution is -2.31. The van der Waals surface area contributed by atoms with Gasteiger partial charge in [-0.25, -0.2) is 4.39 Å². The molecule has 2 aliphatic rings. The quantitative estimate of drug-likeness (QED) is 0.892. The number of benzene rings is 1. The van der Waals surface area contributed by atoms with Gasteiger partial charge in [0.15, 0.2) is 0 Å². The van der Waals surface area contributed by atoms with Crippen LogP contribution >= 0.6 is 0 Å². The molecule has 0 radical (unpaired) electrons. The minimum Gasteiger partial charge on any atom is -0.486 e. The van der Waals surface area contributed by atoms with Crippen LogP contribution in [0.3, 0.4) is 0 Å². The summed E-state index contributed by atoms with van der Waals surface area (Å²) >= 11 is 0. The van der Waals surface area contributed by atoms with Crippen LogP contribution in [0.15, 0.2) is 54.1 Å². The second-order valence-electron chi connectivity index (χ2n) is 5.77. The predicted octanol–water partition coefficient (Wildman–Crippen LogP) is 4.28. The average molecular weight is 287 g/mol. The summed E-state index contributed by atoms with van der Waals surface area (Å²) in [6.45, 7) is 2.06. The number of rotatable bonds is 4. The van der Waals surface area contributed by atoms with Gasteiger partial charge in [-0.3, -0.25) is 0 Å². The first-order chi connectivity index (χ1) is 10.3. The molecule has 1 aromatic carbocycles. The number of ether oxygens (including phenoxy) is 1. The van der Waals surface area contributed by atoms with E-state index in [1.165, 1.54) is 5.56 Å². The van der Waals surface area contributed by atoms with Crippen molar-refractivity contribution in [2.24, 2.45) is 5.92 Å². The number of halogens is 1. The molecule has 2 nitrogen and oxygen atoms in total. The summed E-state index contributed by atoms with van der Waals surface area (Å²) in [6, 6.07) is 10.3. The first-order valence-corrected chi connectivity index (χ1v) is 7.81. The van der Waals surface area contributed by atoms with Crippen LogP contribution in [0.4, 0.5) is 4.39 Å². The highest BCUT2D eigenvalue weighted by molar-refractivity contribution is 5.23. The van der Waals surface area contributed by atoms with Crippen LogP contribution in [-0.4, -0.2) is 13.1 Å². The van der Waals surface area contributed by atoms with Crippen molar-refractivity contribution in [2.75, 3.05) is 13.1 Å². The van der Waals surface area contributed by atoms with Gasteiger partial charge >= 0.3 is 0 Å². The maximum atomic E-state index is 13.5. The highest BCUT2D eigenvalue weighted by Crippen LogP contribution is 2.35. The van der Waals surface area contributed by atoms with Crippen LogP contribution in [0.5, 0.6) is 0 Å². The van der Waals surface area contributed by atoms with Crippen LogP contribution < -0.4 is 5.32 Å². The molecule has 0 amide bonds. The van der Waals surface area contributed by atoms with Gasteiger partial charge in [0.1, 0.15) is 17.7 Å². The van der Waals surface area contributed by atoms with E-state index in [1.54, 1.807) is 6.08 Å². The van der Waals surface area contributed by atoms with Crippen LogP contribution in [0.25, 0.3) is 0 Å². The van der Waals surface area contributed by atoms with Gasteiger partial charge in [0, 0.05) is 18.4 Å². The lowest BCUT2D eigenvalue weighted by molar-refractivity contribution is 0.0540. The van der Waals surface area contributed by atoms with Gasteiger partial charge < -0.3 is 10.1 Å². The highest BCUT2D eigenvalue weighted by Gasteiger charge is 2.27. The van der Waals surface area contributed by atoms with Gasteiger partial charge in [-0.2, -0.15) is 0 Å². The van der Waals surface area contributed by atoms with Crippen LogP contribution in [-0.2, 0) is 4.74 Å².